The minimum atomic E-state index is -0.666. The molecule has 0 saturated carbocycles. The third-order valence-electron chi connectivity index (χ3n) is 5.79. The van der Waals surface area contributed by atoms with Crippen molar-refractivity contribution < 1.29 is 23.8 Å². The van der Waals surface area contributed by atoms with E-state index in [0.29, 0.717) is 24.6 Å². The van der Waals surface area contributed by atoms with Gasteiger partial charge in [-0.1, -0.05) is 48.5 Å². The van der Waals surface area contributed by atoms with Crippen molar-refractivity contribution in [2.45, 2.75) is 32.5 Å². The van der Waals surface area contributed by atoms with Gasteiger partial charge in [0.25, 0.3) is 0 Å². The van der Waals surface area contributed by atoms with Crippen LogP contribution >= 0.6 is 0 Å². The van der Waals surface area contributed by atoms with Crippen LogP contribution in [0.5, 0.6) is 17.2 Å². The summed E-state index contributed by atoms with van der Waals surface area (Å²) in [5, 5.41) is 2.94. The van der Waals surface area contributed by atoms with Gasteiger partial charge in [-0.3, -0.25) is 9.59 Å². The third kappa shape index (κ3) is 6.99. The smallest absolute Gasteiger partial charge is 0.242 e. The Morgan fingerprint density at radius 1 is 0.800 bits per heavy atom. The molecule has 0 spiro atoms. The second kappa shape index (κ2) is 12.5. The molecule has 2 amide bonds. The SMILES string of the molecule is COc1ccc(CNC(=O)C(C)N(Cc2ccccc2)C(=O)Cc2ccc(OC)c(OC)c2)cc1. The molecular formula is C28H32N2O5. The zero-order valence-electron chi connectivity index (χ0n) is 20.6. The van der Waals surface area contributed by atoms with Gasteiger partial charge in [0.05, 0.1) is 27.8 Å². The number of methoxy groups -OCH3 is 3. The Hall–Kier alpha value is -4.00. The summed E-state index contributed by atoms with van der Waals surface area (Å²) in [5.41, 5.74) is 2.66. The summed E-state index contributed by atoms with van der Waals surface area (Å²) in [7, 11) is 4.73. The molecule has 0 aliphatic heterocycles. The zero-order valence-corrected chi connectivity index (χ0v) is 20.6. The molecule has 7 heteroatoms. The van der Waals surface area contributed by atoms with Crippen LogP contribution < -0.4 is 19.5 Å². The van der Waals surface area contributed by atoms with Crippen molar-refractivity contribution in [3.8, 4) is 17.2 Å². The highest BCUT2D eigenvalue weighted by Crippen LogP contribution is 2.28. The minimum Gasteiger partial charge on any atom is -0.497 e. The van der Waals surface area contributed by atoms with E-state index in [1.54, 1.807) is 45.3 Å². The van der Waals surface area contributed by atoms with Gasteiger partial charge in [-0.2, -0.15) is 0 Å². The Labute approximate surface area is 206 Å². The fourth-order valence-electron chi connectivity index (χ4n) is 3.71. The summed E-state index contributed by atoms with van der Waals surface area (Å²) < 4.78 is 15.8. The number of benzene rings is 3. The zero-order chi connectivity index (χ0) is 25.2. The summed E-state index contributed by atoms with van der Waals surface area (Å²) in [6.45, 7) is 2.43. The van der Waals surface area contributed by atoms with Crippen molar-refractivity contribution in [2.75, 3.05) is 21.3 Å². The summed E-state index contributed by atoms with van der Waals surface area (Å²) in [4.78, 5) is 28.1. The fourth-order valence-corrected chi connectivity index (χ4v) is 3.71. The van der Waals surface area contributed by atoms with Gasteiger partial charge < -0.3 is 24.4 Å². The minimum absolute atomic E-state index is 0.128. The molecule has 184 valence electrons. The molecule has 7 nitrogen and oxygen atoms in total. The van der Waals surface area contributed by atoms with Crippen molar-refractivity contribution in [1.29, 1.82) is 0 Å². The molecule has 0 aliphatic carbocycles. The number of carbonyl (C=O) groups excluding carboxylic acids is 2. The van der Waals surface area contributed by atoms with Gasteiger partial charge in [0.15, 0.2) is 11.5 Å². The van der Waals surface area contributed by atoms with Gasteiger partial charge in [0.1, 0.15) is 11.8 Å². The van der Waals surface area contributed by atoms with Crippen LogP contribution in [0.15, 0.2) is 72.8 Å². The standard InChI is InChI=1S/C28H32N2O5/c1-20(28(32)29-18-21-10-13-24(33-2)14-11-21)30(19-22-8-6-5-7-9-22)27(31)17-23-12-15-25(34-3)26(16-23)35-4/h5-16,20H,17-19H2,1-4H3,(H,29,32). The molecule has 0 aromatic heterocycles. The molecule has 3 aromatic carbocycles. The van der Waals surface area contributed by atoms with E-state index in [1.807, 2.05) is 60.7 Å². The summed E-state index contributed by atoms with van der Waals surface area (Å²) in [6, 6.07) is 21.8. The lowest BCUT2D eigenvalue weighted by Gasteiger charge is -2.29. The van der Waals surface area contributed by atoms with Gasteiger partial charge in [0, 0.05) is 13.1 Å². The Balaban J connectivity index is 1.74. The number of nitrogens with zero attached hydrogens (tertiary/aromatic N) is 1. The van der Waals surface area contributed by atoms with E-state index in [0.717, 1.165) is 22.4 Å². The van der Waals surface area contributed by atoms with Crippen molar-refractivity contribution in [3.05, 3.63) is 89.5 Å². The monoisotopic (exact) mass is 476 g/mol. The van der Waals surface area contributed by atoms with Crippen LogP contribution in [-0.2, 0) is 29.1 Å². The van der Waals surface area contributed by atoms with Gasteiger partial charge in [0.2, 0.25) is 11.8 Å². The highest BCUT2D eigenvalue weighted by atomic mass is 16.5. The van der Waals surface area contributed by atoms with Crippen LogP contribution in [0.4, 0.5) is 0 Å². The van der Waals surface area contributed by atoms with Crippen LogP contribution in [-0.4, -0.2) is 44.1 Å². The van der Waals surface area contributed by atoms with Gasteiger partial charge >= 0.3 is 0 Å². The second-order valence-electron chi connectivity index (χ2n) is 8.12. The van der Waals surface area contributed by atoms with Crippen molar-refractivity contribution in [1.82, 2.24) is 10.2 Å². The molecule has 0 radical (unpaired) electrons. The molecule has 0 aliphatic rings. The van der Waals surface area contributed by atoms with Crippen molar-refractivity contribution >= 4 is 11.8 Å². The second-order valence-corrected chi connectivity index (χ2v) is 8.12. The fraction of sp³-hybridized carbons (Fsp3) is 0.286. The predicted octanol–water partition coefficient (Wildman–Crippen LogP) is 3.99. The Morgan fingerprint density at radius 2 is 1.46 bits per heavy atom. The van der Waals surface area contributed by atoms with Crippen LogP contribution in [0.2, 0.25) is 0 Å². The van der Waals surface area contributed by atoms with Crippen LogP contribution in [0, 0.1) is 0 Å². The maximum atomic E-state index is 13.4. The van der Waals surface area contributed by atoms with E-state index in [4.69, 9.17) is 14.2 Å². The van der Waals surface area contributed by atoms with E-state index in [-0.39, 0.29) is 18.2 Å². The average molecular weight is 477 g/mol. The molecule has 35 heavy (non-hydrogen) atoms. The first kappa shape index (κ1) is 25.6. The topological polar surface area (TPSA) is 77.1 Å². The van der Waals surface area contributed by atoms with E-state index in [2.05, 4.69) is 5.32 Å². The molecule has 3 rings (SSSR count). The number of ether oxygens (including phenoxy) is 3. The maximum Gasteiger partial charge on any atom is 0.242 e. The Morgan fingerprint density at radius 3 is 2.09 bits per heavy atom. The molecule has 0 bridgehead atoms. The lowest BCUT2D eigenvalue weighted by molar-refractivity contribution is -0.140. The quantitative estimate of drug-likeness (QED) is 0.453. The first-order valence-corrected chi connectivity index (χ1v) is 11.4. The maximum absolute atomic E-state index is 13.4. The Kier molecular flexibility index (Phi) is 9.12. The summed E-state index contributed by atoms with van der Waals surface area (Å²) in [6.07, 6.45) is 0.128. The molecule has 0 saturated heterocycles. The number of rotatable bonds is 11. The Bertz CT molecular complexity index is 1120. The number of carbonyl (C=O) groups is 2. The van der Waals surface area contributed by atoms with Crippen LogP contribution in [0.1, 0.15) is 23.6 Å². The van der Waals surface area contributed by atoms with Crippen LogP contribution in [0.25, 0.3) is 0 Å². The van der Waals surface area contributed by atoms with E-state index < -0.39 is 6.04 Å². The highest BCUT2D eigenvalue weighted by molar-refractivity contribution is 5.88. The van der Waals surface area contributed by atoms with E-state index in [9.17, 15) is 9.59 Å². The molecule has 3 aromatic rings. The third-order valence-corrected chi connectivity index (χ3v) is 5.79. The lowest BCUT2D eigenvalue weighted by Crippen LogP contribution is -2.47. The summed E-state index contributed by atoms with van der Waals surface area (Å²) >= 11 is 0. The number of nitrogens with one attached hydrogen (secondary N) is 1. The lowest BCUT2D eigenvalue weighted by atomic mass is 10.1. The summed E-state index contributed by atoms with van der Waals surface area (Å²) in [5.74, 6) is 1.52. The van der Waals surface area contributed by atoms with Crippen molar-refractivity contribution in [2.24, 2.45) is 0 Å². The highest BCUT2D eigenvalue weighted by Gasteiger charge is 2.26. The molecule has 0 fully saturated rings. The average Bonchev–Trinajstić information content (AvgIpc) is 2.90. The molecule has 1 unspecified atom stereocenters. The van der Waals surface area contributed by atoms with Crippen LogP contribution in [0.3, 0.4) is 0 Å². The largest absolute Gasteiger partial charge is 0.497 e. The molecular weight excluding hydrogens is 444 g/mol. The first-order chi connectivity index (χ1) is 16.9. The van der Waals surface area contributed by atoms with Gasteiger partial charge in [-0.05, 0) is 47.9 Å². The number of amides is 2. The number of hydrogen-bond donors (Lipinski definition) is 1. The van der Waals surface area contributed by atoms with Gasteiger partial charge in [-0.25, -0.2) is 0 Å². The first-order valence-electron chi connectivity index (χ1n) is 11.4. The molecule has 0 heterocycles. The predicted molar refractivity (Wildman–Crippen MR) is 135 cm³/mol. The van der Waals surface area contributed by atoms with E-state index in [1.165, 1.54) is 0 Å². The van der Waals surface area contributed by atoms with Crippen molar-refractivity contribution in [3.63, 3.8) is 0 Å². The van der Waals surface area contributed by atoms with Gasteiger partial charge in [-0.15, -0.1) is 0 Å². The molecule has 1 N–H and O–H groups in total. The number of hydrogen-bond acceptors (Lipinski definition) is 5. The molecule has 1 atom stereocenters. The normalized spacial score (nSPS) is 11.3. The van der Waals surface area contributed by atoms with E-state index >= 15 is 0 Å².